The minimum absolute atomic E-state index is 0.0993. The first-order valence-corrected chi connectivity index (χ1v) is 6.24. The lowest BCUT2D eigenvalue weighted by molar-refractivity contribution is -0.140. The van der Waals surface area contributed by atoms with E-state index in [9.17, 15) is 9.59 Å². The number of carboxylic acids is 1. The van der Waals surface area contributed by atoms with Gasteiger partial charge in [-0.1, -0.05) is 23.3 Å². The van der Waals surface area contributed by atoms with E-state index in [1.807, 2.05) is 19.9 Å². The highest BCUT2D eigenvalue weighted by Crippen LogP contribution is 2.09. The van der Waals surface area contributed by atoms with E-state index < -0.39 is 17.9 Å². The summed E-state index contributed by atoms with van der Waals surface area (Å²) in [7, 11) is 0. The fraction of sp³-hybridized carbons (Fsp3) is 0.333. The molecule has 1 aromatic carbocycles. The van der Waals surface area contributed by atoms with E-state index in [-0.39, 0.29) is 13.2 Å². The van der Waals surface area contributed by atoms with Crippen LogP contribution in [0.5, 0.6) is 0 Å². The number of benzene rings is 1. The molecule has 1 unspecified atom stereocenters. The molecule has 0 saturated heterocycles. The fourth-order valence-corrected chi connectivity index (χ4v) is 1.79. The first-order valence-electron chi connectivity index (χ1n) is 6.24. The minimum atomic E-state index is -1.13. The number of hydrogen-bond donors (Lipinski definition) is 2. The zero-order chi connectivity index (χ0) is 15.1. The predicted molar refractivity (Wildman–Crippen MR) is 75.8 cm³/mol. The molecule has 1 amide bonds. The predicted octanol–water partition coefficient (Wildman–Crippen LogP) is 1.69. The summed E-state index contributed by atoms with van der Waals surface area (Å²) in [6, 6.07) is 4.29. The van der Waals surface area contributed by atoms with Gasteiger partial charge in [0.1, 0.15) is 0 Å². The smallest absolute Gasteiger partial charge is 0.328 e. The molecule has 0 aliphatic carbocycles. The molecule has 1 atom stereocenters. The summed E-state index contributed by atoms with van der Waals surface area (Å²) in [5, 5.41) is 11.5. The Hall–Kier alpha value is -2.14. The molecular weight excluding hydrogens is 258 g/mol. The summed E-state index contributed by atoms with van der Waals surface area (Å²) in [5.41, 5.74) is 2.34. The number of carbonyl (C=O) groups is 2. The number of rotatable bonds is 7. The maximum Gasteiger partial charge on any atom is 0.328 e. The van der Waals surface area contributed by atoms with Gasteiger partial charge in [0.25, 0.3) is 5.91 Å². The lowest BCUT2D eigenvalue weighted by Crippen LogP contribution is -2.44. The number of hydrogen-bond acceptors (Lipinski definition) is 3. The normalized spacial score (nSPS) is 11.7. The third-order valence-electron chi connectivity index (χ3n) is 2.61. The molecule has 5 heteroatoms. The van der Waals surface area contributed by atoms with Gasteiger partial charge < -0.3 is 15.2 Å². The Morgan fingerprint density at radius 2 is 1.95 bits per heavy atom. The van der Waals surface area contributed by atoms with Crippen molar-refractivity contribution in [3.63, 3.8) is 0 Å². The summed E-state index contributed by atoms with van der Waals surface area (Å²) >= 11 is 0. The second kappa shape index (κ2) is 7.45. The molecule has 0 spiro atoms. The Kier molecular flexibility index (Phi) is 5.93. The molecule has 0 aromatic heterocycles. The van der Waals surface area contributed by atoms with Crippen LogP contribution in [0.1, 0.15) is 21.5 Å². The molecule has 0 fully saturated rings. The topological polar surface area (TPSA) is 75.6 Å². The Labute approximate surface area is 118 Å². The second-order valence-corrected chi connectivity index (χ2v) is 4.57. The highest BCUT2D eigenvalue weighted by molar-refractivity contribution is 5.96. The zero-order valence-corrected chi connectivity index (χ0v) is 11.7. The fourth-order valence-electron chi connectivity index (χ4n) is 1.79. The van der Waals surface area contributed by atoms with Crippen molar-refractivity contribution in [3.05, 3.63) is 47.5 Å². The number of ether oxygens (including phenoxy) is 1. The van der Waals surface area contributed by atoms with E-state index in [1.165, 1.54) is 6.08 Å². The summed E-state index contributed by atoms with van der Waals surface area (Å²) in [6.45, 7) is 7.37. The van der Waals surface area contributed by atoms with Crippen LogP contribution >= 0.6 is 0 Å². The molecular formula is C15H19NO4. The van der Waals surface area contributed by atoms with Crippen molar-refractivity contribution < 1.29 is 19.4 Å². The average molecular weight is 277 g/mol. The third kappa shape index (κ3) is 4.85. The van der Waals surface area contributed by atoms with Crippen molar-refractivity contribution in [2.75, 3.05) is 13.2 Å². The first-order chi connectivity index (χ1) is 9.43. The standard InChI is InChI=1S/C15H19NO4/c1-4-5-20-9-13(15(18)19)16-14(17)12-7-10(2)6-11(3)8-12/h4,6-8,13H,1,5,9H2,2-3H3,(H,16,17)(H,18,19). The zero-order valence-electron chi connectivity index (χ0n) is 11.7. The quantitative estimate of drug-likeness (QED) is 0.587. The van der Waals surface area contributed by atoms with Crippen LogP contribution in [-0.4, -0.2) is 36.2 Å². The van der Waals surface area contributed by atoms with Gasteiger partial charge in [-0.25, -0.2) is 4.79 Å². The Morgan fingerprint density at radius 3 is 2.45 bits per heavy atom. The van der Waals surface area contributed by atoms with Gasteiger partial charge in [0.15, 0.2) is 6.04 Å². The number of nitrogens with one attached hydrogen (secondary N) is 1. The lowest BCUT2D eigenvalue weighted by Gasteiger charge is -2.14. The van der Waals surface area contributed by atoms with Crippen molar-refractivity contribution in [1.29, 1.82) is 0 Å². The van der Waals surface area contributed by atoms with Crippen molar-refractivity contribution >= 4 is 11.9 Å². The average Bonchev–Trinajstić information content (AvgIpc) is 2.36. The van der Waals surface area contributed by atoms with E-state index in [4.69, 9.17) is 9.84 Å². The number of aliphatic carboxylic acids is 1. The van der Waals surface area contributed by atoms with Gasteiger partial charge in [-0.05, 0) is 26.0 Å². The van der Waals surface area contributed by atoms with Crippen LogP contribution in [0, 0.1) is 13.8 Å². The van der Waals surface area contributed by atoms with Gasteiger partial charge in [0, 0.05) is 5.56 Å². The molecule has 0 aliphatic rings. The van der Waals surface area contributed by atoms with E-state index in [0.717, 1.165) is 11.1 Å². The molecule has 5 nitrogen and oxygen atoms in total. The lowest BCUT2D eigenvalue weighted by atomic mass is 10.1. The summed E-state index contributed by atoms with van der Waals surface area (Å²) in [4.78, 5) is 23.1. The van der Waals surface area contributed by atoms with E-state index in [1.54, 1.807) is 12.1 Å². The van der Waals surface area contributed by atoms with Crippen LogP contribution in [-0.2, 0) is 9.53 Å². The number of carboxylic acid groups (broad SMARTS) is 1. The molecule has 1 rings (SSSR count). The molecule has 2 N–H and O–H groups in total. The van der Waals surface area contributed by atoms with Gasteiger partial charge >= 0.3 is 5.97 Å². The maximum absolute atomic E-state index is 12.0. The highest BCUT2D eigenvalue weighted by atomic mass is 16.5. The molecule has 0 radical (unpaired) electrons. The Bertz CT molecular complexity index is 490. The SMILES string of the molecule is C=CCOCC(NC(=O)c1cc(C)cc(C)c1)C(=O)O. The number of aryl methyl sites for hydroxylation is 2. The van der Waals surface area contributed by atoms with Crippen LogP contribution in [0.4, 0.5) is 0 Å². The summed E-state index contributed by atoms with van der Waals surface area (Å²) < 4.78 is 5.08. The molecule has 1 aromatic rings. The maximum atomic E-state index is 12.0. The van der Waals surface area contributed by atoms with Crippen LogP contribution in [0.15, 0.2) is 30.9 Å². The summed E-state index contributed by atoms with van der Waals surface area (Å²) in [6.07, 6.45) is 1.52. The van der Waals surface area contributed by atoms with Crippen LogP contribution < -0.4 is 5.32 Å². The van der Waals surface area contributed by atoms with Gasteiger partial charge in [-0.3, -0.25) is 4.79 Å². The van der Waals surface area contributed by atoms with Crippen molar-refractivity contribution in [1.82, 2.24) is 5.32 Å². The molecule has 0 heterocycles. The van der Waals surface area contributed by atoms with Gasteiger partial charge in [-0.15, -0.1) is 6.58 Å². The molecule has 0 saturated carbocycles. The Morgan fingerprint density at radius 1 is 1.35 bits per heavy atom. The second-order valence-electron chi connectivity index (χ2n) is 4.57. The largest absolute Gasteiger partial charge is 0.480 e. The first kappa shape index (κ1) is 15.9. The van der Waals surface area contributed by atoms with Gasteiger partial charge in [-0.2, -0.15) is 0 Å². The molecule has 0 bridgehead atoms. The van der Waals surface area contributed by atoms with Crippen molar-refractivity contribution in [3.8, 4) is 0 Å². The van der Waals surface area contributed by atoms with Crippen molar-refractivity contribution in [2.24, 2.45) is 0 Å². The minimum Gasteiger partial charge on any atom is -0.480 e. The number of carbonyl (C=O) groups excluding carboxylic acids is 1. The van der Waals surface area contributed by atoms with E-state index >= 15 is 0 Å². The summed E-state index contributed by atoms with van der Waals surface area (Å²) in [5.74, 6) is -1.56. The van der Waals surface area contributed by atoms with Crippen LogP contribution in [0.25, 0.3) is 0 Å². The Balaban J connectivity index is 2.74. The molecule has 108 valence electrons. The monoisotopic (exact) mass is 277 g/mol. The van der Waals surface area contributed by atoms with Gasteiger partial charge in [0.05, 0.1) is 13.2 Å². The third-order valence-corrected chi connectivity index (χ3v) is 2.61. The van der Waals surface area contributed by atoms with Crippen LogP contribution in [0.2, 0.25) is 0 Å². The molecule has 20 heavy (non-hydrogen) atoms. The van der Waals surface area contributed by atoms with Crippen molar-refractivity contribution in [2.45, 2.75) is 19.9 Å². The van der Waals surface area contributed by atoms with Gasteiger partial charge in [0.2, 0.25) is 0 Å². The van der Waals surface area contributed by atoms with Crippen LogP contribution in [0.3, 0.4) is 0 Å². The van der Waals surface area contributed by atoms with E-state index in [2.05, 4.69) is 11.9 Å². The molecule has 0 aliphatic heterocycles. The number of amides is 1. The van der Waals surface area contributed by atoms with E-state index in [0.29, 0.717) is 5.56 Å². The highest BCUT2D eigenvalue weighted by Gasteiger charge is 2.20.